The van der Waals surface area contributed by atoms with Gasteiger partial charge in [-0.15, -0.1) is 0 Å². The van der Waals surface area contributed by atoms with Crippen molar-refractivity contribution in [3.63, 3.8) is 0 Å². The number of hydrogen-bond acceptors (Lipinski definition) is 2. The van der Waals surface area contributed by atoms with E-state index in [0.717, 1.165) is 29.7 Å². The molecule has 0 fully saturated rings. The number of phenolic OH excluding ortho intramolecular Hbond substituents is 1. The molecule has 3 nitrogen and oxygen atoms in total. The normalized spacial score (nSPS) is 10.4. The molecule has 0 aromatic heterocycles. The second-order valence-corrected chi connectivity index (χ2v) is 5.11. The number of aromatic hydroxyl groups is 1. The van der Waals surface area contributed by atoms with E-state index in [0.29, 0.717) is 11.1 Å². The minimum Gasteiger partial charge on any atom is -0.508 e. The van der Waals surface area contributed by atoms with Crippen LogP contribution in [0.1, 0.15) is 40.9 Å². The van der Waals surface area contributed by atoms with E-state index in [-0.39, 0.29) is 11.7 Å². The first-order valence-corrected chi connectivity index (χ1v) is 7.28. The van der Waals surface area contributed by atoms with Crippen LogP contribution in [-0.4, -0.2) is 11.0 Å². The number of para-hydroxylation sites is 1. The maximum Gasteiger partial charge on any atom is 0.255 e. The molecule has 0 atom stereocenters. The molecule has 21 heavy (non-hydrogen) atoms. The first-order chi connectivity index (χ1) is 10.1. The maximum atomic E-state index is 12.4. The second kappa shape index (κ2) is 6.44. The number of nitrogens with one attached hydrogen (secondary N) is 1. The Morgan fingerprint density at radius 2 is 1.71 bits per heavy atom. The van der Waals surface area contributed by atoms with Crippen molar-refractivity contribution in [2.45, 2.75) is 33.6 Å². The summed E-state index contributed by atoms with van der Waals surface area (Å²) in [5, 5.41) is 12.6. The van der Waals surface area contributed by atoms with E-state index in [2.05, 4.69) is 19.2 Å². The highest BCUT2D eigenvalue weighted by Gasteiger charge is 2.12. The number of anilines is 1. The Labute approximate surface area is 125 Å². The van der Waals surface area contributed by atoms with E-state index in [1.54, 1.807) is 25.1 Å². The minimum atomic E-state index is -0.145. The van der Waals surface area contributed by atoms with Crippen LogP contribution >= 0.6 is 0 Å². The Kier molecular flexibility index (Phi) is 4.63. The van der Waals surface area contributed by atoms with Gasteiger partial charge >= 0.3 is 0 Å². The third-order valence-electron chi connectivity index (χ3n) is 3.70. The number of phenols is 1. The number of benzene rings is 2. The van der Waals surface area contributed by atoms with Gasteiger partial charge in [-0.1, -0.05) is 32.0 Å². The van der Waals surface area contributed by atoms with Crippen molar-refractivity contribution in [2.24, 2.45) is 0 Å². The third kappa shape index (κ3) is 3.24. The lowest BCUT2D eigenvalue weighted by molar-refractivity contribution is 0.102. The van der Waals surface area contributed by atoms with Crippen LogP contribution in [0.2, 0.25) is 0 Å². The van der Waals surface area contributed by atoms with Crippen LogP contribution in [0, 0.1) is 6.92 Å². The topological polar surface area (TPSA) is 49.3 Å². The number of carbonyl (C=O) groups is 1. The molecular weight excluding hydrogens is 262 g/mol. The van der Waals surface area contributed by atoms with Crippen molar-refractivity contribution < 1.29 is 9.90 Å². The molecule has 0 heterocycles. The quantitative estimate of drug-likeness (QED) is 0.888. The summed E-state index contributed by atoms with van der Waals surface area (Å²) in [5.41, 5.74) is 4.44. The summed E-state index contributed by atoms with van der Waals surface area (Å²) in [6.07, 6.45) is 1.75. The molecule has 0 aliphatic heterocycles. The predicted octanol–water partition coefficient (Wildman–Crippen LogP) is 4.08. The van der Waals surface area contributed by atoms with Crippen LogP contribution in [0.4, 0.5) is 5.69 Å². The van der Waals surface area contributed by atoms with Crippen LogP contribution in [0.3, 0.4) is 0 Å². The molecule has 0 saturated carbocycles. The maximum absolute atomic E-state index is 12.4. The number of amides is 1. The SMILES string of the molecule is CCc1cccc(CC)c1NC(=O)c1ccc(O)c(C)c1. The zero-order chi connectivity index (χ0) is 15.4. The van der Waals surface area contributed by atoms with Crippen molar-refractivity contribution in [3.05, 3.63) is 58.7 Å². The Balaban J connectivity index is 2.33. The Bertz CT molecular complexity index is 640. The summed E-state index contributed by atoms with van der Waals surface area (Å²) in [5.74, 6) is 0.0588. The van der Waals surface area contributed by atoms with Crippen molar-refractivity contribution in [1.29, 1.82) is 0 Å². The second-order valence-electron chi connectivity index (χ2n) is 5.11. The van der Waals surface area contributed by atoms with Crippen LogP contribution in [0.25, 0.3) is 0 Å². The first-order valence-electron chi connectivity index (χ1n) is 7.28. The average molecular weight is 283 g/mol. The van der Waals surface area contributed by atoms with Crippen LogP contribution in [0.15, 0.2) is 36.4 Å². The lowest BCUT2D eigenvalue weighted by Gasteiger charge is -2.14. The summed E-state index contributed by atoms with van der Waals surface area (Å²) in [4.78, 5) is 12.4. The lowest BCUT2D eigenvalue weighted by atomic mass is 10.0. The van der Waals surface area contributed by atoms with E-state index < -0.39 is 0 Å². The molecule has 2 aromatic rings. The third-order valence-corrected chi connectivity index (χ3v) is 3.70. The number of hydrogen-bond donors (Lipinski definition) is 2. The molecule has 3 heteroatoms. The molecular formula is C18H21NO2. The number of rotatable bonds is 4. The van der Waals surface area contributed by atoms with Gasteiger partial charge in [-0.25, -0.2) is 0 Å². The number of carbonyl (C=O) groups excluding carboxylic acids is 1. The zero-order valence-electron chi connectivity index (χ0n) is 12.7. The van der Waals surface area contributed by atoms with E-state index in [9.17, 15) is 9.90 Å². The van der Waals surface area contributed by atoms with Crippen molar-refractivity contribution >= 4 is 11.6 Å². The van der Waals surface area contributed by atoms with E-state index in [1.165, 1.54) is 0 Å². The molecule has 0 bridgehead atoms. The first kappa shape index (κ1) is 15.1. The van der Waals surface area contributed by atoms with Gasteiger partial charge in [0.15, 0.2) is 0 Å². The van der Waals surface area contributed by atoms with Gasteiger partial charge in [-0.2, -0.15) is 0 Å². The average Bonchev–Trinajstić information content (AvgIpc) is 2.50. The fourth-order valence-corrected chi connectivity index (χ4v) is 2.39. The highest BCUT2D eigenvalue weighted by atomic mass is 16.3. The van der Waals surface area contributed by atoms with Gasteiger partial charge in [0, 0.05) is 11.3 Å². The molecule has 0 radical (unpaired) electrons. The zero-order valence-corrected chi connectivity index (χ0v) is 12.7. The van der Waals surface area contributed by atoms with Crippen LogP contribution in [0.5, 0.6) is 5.75 Å². The molecule has 0 aliphatic rings. The van der Waals surface area contributed by atoms with Crippen molar-refractivity contribution in [1.82, 2.24) is 0 Å². The van der Waals surface area contributed by atoms with Gasteiger partial charge in [0.05, 0.1) is 0 Å². The largest absolute Gasteiger partial charge is 0.508 e. The van der Waals surface area contributed by atoms with E-state index >= 15 is 0 Å². The molecule has 2 rings (SSSR count). The van der Waals surface area contributed by atoms with Gasteiger partial charge in [-0.05, 0) is 54.7 Å². The standard InChI is InChI=1S/C18H21NO2/c1-4-13-7-6-8-14(5-2)17(13)19-18(21)15-9-10-16(20)12(3)11-15/h6-11,20H,4-5H2,1-3H3,(H,19,21). The Morgan fingerprint density at radius 1 is 1.10 bits per heavy atom. The highest BCUT2D eigenvalue weighted by Crippen LogP contribution is 2.24. The molecule has 2 aromatic carbocycles. The summed E-state index contributed by atoms with van der Waals surface area (Å²) in [7, 11) is 0. The Hall–Kier alpha value is -2.29. The van der Waals surface area contributed by atoms with Gasteiger partial charge in [0.1, 0.15) is 5.75 Å². The molecule has 0 unspecified atom stereocenters. The van der Waals surface area contributed by atoms with E-state index in [4.69, 9.17) is 0 Å². The number of aryl methyl sites for hydroxylation is 3. The molecule has 2 N–H and O–H groups in total. The van der Waals surface area contributed by atoms with Crippen molar-refractivity contribution in [3.8, 4) is 5.75 Å². The predicted molar refractivity (Wildman–Crippen MR) is 86.0 cm³/mol. The summed E-state index contributed by atoms with van der Waals surface area (Å²) >= 11 is 0. The summed E-state index contributed by atoms with van der Waals surface area (Å²) in [6.45, 7) is 5.94. The monoisotopic (exact) mass is 283 g/mol. The van der Waals surface area contributed by atoms with Crippen LogP contribution in [-0.2, 0) is 12.8 Å². The molecule has 110 valence electrons. The molecule has 0 spiro atoms. The van der Waals surface area contributed by atoms with Gasteiger partial charge in [0.25, 0.3) is 5.91 Å². The van der Waals surface area contributed by atoms with Gasteiger partial charge in [-0.3, -0.25) is 4.79 Å². The molecule has 0 saturated heterocycles. The Morgan fingerprint density at radius 3 is 2.24 bits per heavy atom. The highest BCUT2D eigenvalue weighted by molar-refractivity contribution is 6.05. The van der Waals surface area contributed by atoms with Crippen molar-refractivity contribution in [2.75, 3.05) is 5.32 Å². The fourth-order valence-electron chi connectivity index (χ4n) is 2.39. The lowest BCUT2D eigenvalue weighted by Crippen LogP contribution is -2.15. The summed E-state index contributed by atoms with van der Waals surface area (Å²) in [6, 6.07) is 11.0. The fraction of sp³-hybridized carbons (Fsp3) is 0.278. The molecule has 0 aliphatic carbocycles. The van der Waals surface area contributed by atoms with E-state index in [1.807, 2.05) is 18.2 Å². The smallest absolute Gasteiger partial charge is 0.255 e. The van der Waals surface area contributed by atoms with Gasteiger partial charge in [0.2, 0.25) is 0 Å². The minimum absolute atomic E-state index is 0.145. The molecule has 1 amide bonds. The van der Waals surface area contributed by atoms with Gasteiger partial charge < -0.3 is 10.4 Å². The van der Waals surface area contributed by atoms with Crippen LogP contribution < -0.4 is 5.32 Å². The summed E-state index contributed by atoms with van der Waals surface area (Å²) < 4.78 is 0.